The molecule has 1 aromatic rings. The lowest BCUT2D eigenvalue weighted by Crippen LogP contribution is -2.27. The van der Waals surface area contributed by atoms with E-state index in [-0.39, 0.29) is 36.2 Å². The van der Waals surface area contributed by atoms with E-state index in [1.54, 1.807) is 18.2 Å². The van der Waals surface area contributed by atoms with Gasteiger partial charge in [0, 0.05) is 17.9 Å². The number of carbonyl (C=O) groups excluding carboxylic acids is 1. The number of nitrogens with one attached hydrogen (secondary N) is 1. The first-order chi connectivity index (χ1) is 9.83. The zero-order chi connectivity index (χ0) is 15.9. The molecule has 21 heavy (non-hydrogen) atoms. The summed E-state index contributed by atoms with van der Waals surface area (Å²) in [5, 5.41) is 11.1. The smallest absolute Gasteiger partial charge is 0.384 e. The van der Waals surface area contributed by atoms with Gasteiger partial charge in [0.2, 0.25) is 0 Å². The van der Waals surface area contributed by atoms with Gasteiger partial charge in [0.25, 0.3) is 5.91 Å². The zero-order valence-corrected chi connectivity index (χ0v) is 12.1. The molecule has 0 aromatic heterocycles. The van der Waals surface area contributed by atoms with Crippen molar-refractivity contribution in [3.05, 3.63) is 34.9 Å². The van der Waals surface area contributed by atoms with Crippen molar-refractivity contribution in [1.82, 2.24) is 5.32 Å². The minimum Gasteiger partial charge on any atom is -0.384 e. The van der Waals surface area contributed by atoms with Crippen LogP contribution in [0.15, 0.2) is 18.2 Å². The highest BCUT2D eigenvalue weighted by Crippen LogP contribution is 2.29. The topological polar surface area (TPSA) is 49.3 Å². The maximum Gasteiger partial charge on any atom is 0.441 e. The Labute approximate surface area is 124 Å². The summed E-state index contributed by atoms with van der Waals surface area (Å²) in [7, 11) is 0. The van der Waals surface area contributed by atoms with Crippen LogP contribution in [0.2, 0.25) is 0 Å². The van der Waals surface area contributed by atoms with Gasteiger partial charge in [-0.2, -0.15) is 13.2 Å². The lowest BCUT2D eigenvalue weighted by molar-refractivity contribution is -0.0327. The summed E-state index contributed by atoms with van der Waals surface area (Å²) < 4.78 is 35.9. The fourth-order valence-electron chi connectivity index (χ4n) is 1.52. The van der Waals surface area contributed by atoms with Crippen molar-refractivity contribution in [2.45, 2.75) is 12.4 Å². The molecule has 0 heterocycles. The van der Waals surface area contributed by atoms with Crippen molar-refractivity contribution < 1.29 is 23.1 Å². The Bertz CT molecular complexity index is 562. The molecule has 0 atom stereocenters. The molecule has 0 aliphatic heterocycles. The molecular formula is C14H14F3NO2S. The van der Waals surface area contributed by atoms with Crippen LogP contribution in [0.25, 0.3) is 0 Å². The third kappa shape index (κ3) is 6.56. The Morgan fingerprint density at radius 3 is 2.76 bits per heavy atom. The molecule has 0 fully saturated rings. The van der Waals surface area contributed by atoms with Crippen molar-refractivity contribution in [1.29, 1.82) is 0 Å². The lowest BCUT2D eigenvalue weighted by atomic mass is 10.0. The predicted octanol–water partition coefficient (Wildman–Crippen LogP) is 2.32. The standard InChI is InChI=1S/C14H14F3NO2S/c1-10-4-5-12(11(9-10)3-2-7-19)13(20)18-6-8-21-14(15,16)17/h4-5,9,19H,6-8H2,1H3,(H,18,20). The van der Waals surface area contributed by atoms with E-state index in [9.17, 15) is 18.0 Å². The summed E-state index contributed by atoms with van der Waals surface area (Å²) in [6, 6.07) is 4.95. The van der Waals surface area contributed by atoms with E-state index in [4.69, 9.17) is 5.11 Å². The molecule has 0 bridgehead atoms. The van der Waals surface area contributed by atoms with Gasteiger partial charge in [-0.05, 0) is 36.4 Å². The molecule has 0 saturated carbocycles. The summed E-state index contributed by atoms with van der Waals surface area (Å²) in [6.45, 7) is 1.40. The average molecular weight is 317 g/mol. The second-order valence-corrected chi connectivity index (χ2v) is 5.22. The molecule has 0 aliphatic rings. The van der Waals surface area contributed by atoms with Crippen LogP contribution in [-0.4, -0.2) is 35.4 Å². The van der Waals surface area contributed by atoms with Gasteiger partial charge >= 0.3 is 5.51 Å². The van der Waals surface area contributed by atoms with E-state index in [2.05, 4.69) is 17.2 Å². The van der Waals surface area contributed by atoms with E-state index < -0.39 is 11.4 Å². The fourth-order valence-corrected chi connectivity index (χ4v) is 1.96. The van der Waals surface area contributed by atoms with Crippen LogP contribution < -0.4 is 5.32 Å². The largest absolute Gasteiger partial charge is 0.441 e. The molecule has 1 amide bonds. The Hall–Kier alpha value is -1.65. The lowest BCUT2D eigenvalue weighted by Gasteiger charge is -2.09. The maximum atomic E-state index is 12.0. The summed E-state index contributed by atoms with van der Waals surface area (Å²) in [4.78, 5) is 11.9. The molecule has 0 spiro atoms. The van der Waals surface area contributed by atoms with E-state index in [1.165, 1.54) is 0 Å². The van der Waals surface area contributed by atoms with Gasteiger partial charge in [-0.15, -0.1) is 0 Å². The summed E-state index contributed by atoms with van der Waals surface area (Å²) >= 11 is -0.184. The number of aryl methyl sites for hydroxylation is 1. The van der Waals surface area contributed by atoms with Gasteiger partial charge in [-0.25, -0.2) is 0 Å². The van der Waals surface area contributed by atoms with Crippen LogP contribution in [0.5, 0.6) is 0 Å². The van der Waals surface area contributed by atoms with E-state index >= 15 is 0 Å². The van der Waals surface area contributed by atoms with E-state index in [0.717, 1.165) is 5.56 Å². The number of aliphatic hydroxyl groups excluding tert-OH is 1. The van der Waals surface area contributed by atoms with Gasteiger partial charge in [-0.1, -0.05) is 17.9 Å². The normalized spacial score (nSPS) is 10.7. The van der Waals surface area contributed by atoms with Crippen molar-refractivity contribution in [3.63, 3.8) is 0 Å². The summed E-state index contributed by atoms with van der Waals surface area (Å²) in [5.74, 6) is 4.36. The third-order valence-corrected chi connectivity index (χ3v) is 3.11. The molecular weight excluding hydrogens is 303 g/mol. The monoisotopic (exact) mass is 317 g/mol. The van der Waals surface area contributed by atoms with E-state index in [1.807, 2.05) is 6.92 Å². The third-order valence-electron chi connectivity index (χ3n) is 2.38. The van der Waals surface area contributed by atoms with E-state index in [0.29, 0.717) is 5.56 Å². The first kappa shape index (κ1) is 17.4. The number of amides is 1. The Balaban J connectivity index is 2.69. The van der Waals surface area contributed by atoms with Crippen molar-refractivity contribution in [2.24, 2.45) is 0 Å². The highest BCUT2D eigenvalue weighted by atomic mass is 32.2. The van der Waals surface area contributed by atoms with Crippen LogP contribution in [0, 0.1) is 18.8 Å². The Morgan fingerprint density at radius 1 is 1.43 bits per heavy atom. The van der Waals surface area contributed by atoms with Gasteiger partial charge in [0.1, 0.15) is 6.61 Å². The molecule has 1 aromatic carbocycles. The number of aliphatic hydroxyl groups is 1. The highest BCUT2D eigenvalue weighted by molar-refractivity contribution is 8.00. The number of alkyl halides is 3. The molecule has 1 rings (SSSR count). The summed E-state index contributed by atoms with van der Waals surface area (Å²) in [5.41, 5.74) is -2.70. The first-order valence-corrected chi connectivity index (χ1v) is 7.01. The predicted molar refractivity (Wildman–Crippen MR) is 76.0 cm³/mol. The average Bonchev–Trinajstić information content (AvgIpc) is 2.40. The minimum atomic E-state index is -4.30. The Kier molecular flexibility index (Phi) is 6.59. The number of rotatable bonds is 4. The second kappa shape index (κ2) is 7.96. The second-order valence-electron chi connectivity index (χ2n) is 4.06. The molecule has 0 saturated heterocycles. The fraction of sp³-hybridized carbons (Fsp3) is 0.357. The quantitative estimate of drug-likeness (QED) is 0.662. The van der Waals surface area contributed by atoms with Gasteiger partial charge in [0.15, 0.2) is 0 Å². The van der Waals surface area contributed by atoms with Crippen molar-refractivity contribution in [3.8, 4) is 11.8 Å². The molecule has 7 heteroatoms. The number of hydrogen-bond donors (Lipinski definition) is 2. The molecule has 0 radical (unpaired) electrons. The molecule has 2 N–H and O–H groups in total. The zero-order valence-electron chi connectivity index (χ0n) is 11.3. The number of hydrogen-bond acceptors (Lipinski definition) is 3. The van der Waals surface area contributed by atoms with Crippen LogP contribution in [0.1, 0.15) is 21.5 Å². The number of benzene rings is 1. The number of carbonyl (C=O) groups is 1. The molecule has 0 unspecified atom stereocenters. The van der Waals surface area contributed by atoms with Crippen LogP contribution in [-0.2, 0) is 0 Å². The molecule has 114 valence electrons. The number of halogens is 3. The first-order valence-electron chi connectivity index (χ1n) is 6.03. The van der Waals surface area contributed by atoms with Gasteiger partial charge in [-0.3, -0.25) is 4.79 Å². The van der Waals surface area contributed by atoms with Crippen LogP contribution in [0.4, 0.5) is 13.2 Å². The molecule has 0 aliphatic carbocycles. The van der Waals surface area contributed by atoms with Crippen molar-refractivity contribution >= 4 is 17.7 Å². The maximum absolute atomic E-state index is 12.0. The Morgan fingerprint density at radius 2 is 2.14 bits per heavy atom. The SMILES string of the molecule is Cc1ccc(C(=O)NCCSC(F)(F)F)c(C#CCO)c1. The van der Waals surface area contributed by atoms with Crippen molar-refractivity contribution in [2.75, 3.05) is 18.9 Å². The highest BCUT2D eigenvalue weighted by Gasteiger charge is 2.27. The van der Waals surface area contributed by atoms with Crippen LogP contribution >= 0.6 is 11.8 Å². The van der Waals surface area contributed by atoms with Gasteiger partial charge < -0.3 is 10.4 Å². The molecule has 3 nitrogen and oxygen atoms in total. The summed E-state index contributed by atoms with van der Waals surface area (Å²) in [6.07, 6.45) is 0. The number of thioether (sulfide) groups is 1. The van der Waals surface area contributed by atoms with Crippen LogP contribution in [0.3, 0.4) is 0 Å². The van der Waals surface area contributed by atoms with Gasteiger partial charge in [0.05, 0.1) is 5.56 Å². The minimum absolute atomic E-state index is 0.0935.